The molecule has 0 amide bonds. The molecule has 1 aliphatic rings. The number of amidine groups is 1. The van der Waals surface area contributed by atoms with Gasteiger partial charge in [-0.2, -0.15) is 5.10 Å². The SMILES string of the molecule is N/C(=N/O)c1ccnnc1N1CCCCC1. The number of oxime groups is 1. The zero-order valence-electron chi connectivity index (χ0n) is 9.00. The third kappa shape index (κ3) is 2.05. The van der Waals surface area contributed by atoms with Crippen molar-refractivity contribution in [2.45, 2.75) is 19.3 Å². The summed E-state index contributed by atoms with van der Waals surface area (Å²) in [7, 11) is 0. The molecule has 0 aliphatic carbocycles. The fourth-order valence-corrected chi connectivity index (χ4v) is 1.92. The summed E-state index contributed by atoms with van der Waals surface area (Å²) < 4.78 is 0. The summed E-state index contributed by atoms with van der Waals surface area (Å²) in [6.45, 7) is 1.90. The maximum absolute atomic E-state index is 8.71. The minimum Gasteiger partial charge on any atom is -0.409 e. The molecular formula is C10H15N5O. The molecule has 6 heteroatoms. The average molecular weight is 221 g/mol. The van der Waals surface area contributed by atoms with E-state index in [2.05, 4.69) is 20.3 Å². The normalized spacial score (nSPS) is 17.5. The van der Waals surface area contributed by atoms with Gasteiger partial charge >= 0.3 is 0 Å². The number of piperidine rings is 1. The summed E-state index contributed by atoms with van der Waals surface area (Å²) in [4.78, 5) is 2.13. The first-order valence-corrected chi connectivity index (χ1v) is 5.37. The molecule has 16 heavy (non-hydrogen) atoms. The van der Waals surface area contributed by atoms with Gasteiger partial charge in [-0.3, -0.25) is 0 Å². The Labute approximate surface area is 93.8 Å². The lowest BCUT2D eigenvalue weighted by Gasteiger charge is -2.28. The Morgan fingerprint density at radius 1 is 1.38 bits per heavy atom. The largest absolute Gasteiger partial charge is 0.409 e. The van der Waals surface area contributed by atoms with Gasteiger partial charge in [0.1, 0.15) is 0 Å². The fourth-order valence-electron chi connectivity index (χ4n) is 1.92. The topological polar surface area (TPSA) is 87.6 Å². The summed E-state index contributed by atoms with van der Waals surface area (Å²) in [5, 5.41) is 19.7. The van der Waals surface area contributed by atoms with Crippen molar-refractivity contribution in [3.8, 4) is 0 Å². The smallest absolute Gasteiger partial charge is 0.173 e. The molecule has 86 valence electrons. The second-order valence-corrected chi connectivity index (χ2v) is 3.80. The molecule has 2 heterocycles. The molecule has 0 spiro atoms. The van der Waals surface area contributed by atoms with Gasteiger partial charge in [0.15, 0.2) is 11.7 Å². The molecule has 6 nitrogen and oxygen atoms in total. The Bertz CT molecular complexity index is 387. The van der Waals surface area contributed by atoms with Crippen LogP contribution in [0.3, 0.4) is 0 Å². The van der Waals surface area contributed by atoms with Gasteiger partial charge in [-0.15, -0.1) is 5.10 Å². The van der Waals surface area contributed by atoms with Crippen molar-refractivity contribution in [1.82, 2.24) is 10.2 Å². The molecule has 1 aliphatic heterocycles. The van der Waals surface area contributed by atoms with Crippen LogP contribution in [0.5, 0.6) is 0 Å². The predicted molar refractivity (Wildman–Crippen MR) is 60.6 cm³/mol. The van der Waals surface area contributed by atoms with Crippen LogP contribution in [-0.2, 0) is 0 Å². The van der Waals surface area contributed by atoms with Gasteiger partial charge in [-0.25, -0.2) is 0 Å². The van der Waals surface area contributed by atoms with Crippen LogP contribution >= 0.6 is 0 Å². The molecule has 3 N–H and O–H groups in total. The van der Waals surface area contributed by atoms with E-state index in [4.69, 9.17) is 10.9 Å². The molecule has 1 saturated heterocycles. The van der Waals surface area contributed by atoms with Gasteiger partial charge < -0.3 is 15.8 Å². The minimum atomic E-state index is 0.0791. The first-order valence-electron chi connectivity index (χ1n) is 5.37. The summed E-state index contributed by atoms with van der Waals surface area (Å²) in [6.07, 6.45) is 5.08. The van der Waals surface area contributed by atoms with Crippen molar-refractivity contribution in [1.29, 1.82) is 0 Å². The standard InChI is InChI=1S/C10H15N5O/c11-9(14-16)8-4-5-12-13-10(8)15-6-2-1-3-7-15/h4-5,16H,1-3,6-7H2,(H2,11,14). The predicted octanol–water partition coefficient (Wildman–Crippen LogP) is 0.561. The molecule has 0 saturated carbocycles. The second-order valence-electron chi connectivity index (χ2n) is 3.80. The number of hydrogen-bond donors (Lipinski definition) is 2. The maximum atomic E-state index is 8.71. The number of nitrogens with zero attached hydrogens (tertiary/aromatic N) is 4. The van der Waals surface area contributed by atoms with Gasteiger partial charge in [0.25, 0.3) is 0 Å². The van der Waals surface area contributed by atoms with Gasteiger partial charge in [-0.05, 0) is 25.3 Å². The van der Waals surface area contributed by atoms with E-state index in [1.165, 1.54) is 6.42 Å². The molecule has 0 unspecified atom stereocenters. The molecule has 0 atom stereocenters. The molecule has 1 aromatic heterocycles. The van der Waals surface area contributed by atoms with Crippen LogP contribution in [0.1, 0.15) is 24.8 Å². The van der Waals surface area contributed by atoms with E-state index < -0.39 is 0 Å². The molecule has 1 aromatic rings. The monoisotopic (exact) mass is 221 g/mol. The highest BCUT2D eigenvalue weighted by Crippen LogP contribution is 2.20. The van der Waals surface area contributed by atoms with E-state index in [0.29, 0.717) is 11.4 Å². The minimum absolute atomic E-state index is 0.0791. The van der Waals surface area contributed by atoms with E-state index in [-0.39, 0.29) is 5.84 Å². The zero-order valence-corrected chi connectivity index (χ0v) is 9.00. The Morgan fingerprint density at radius 2 is 2.12 bits per heavy atom. The molecule has 0 aromatic carbocycles. The van der Waals surface area contributed by atoms with Crippen molar-refractivity contribution >= 4 is 11.7 Å². The molecule has 2 rings (SSSR count). The van der Waals surface area contributed by atoms with Crippen LogP contribution in [0.25, 0.3) is 0 Å². The summed E-state index contributed by atoms with van der Waals surface area (Å²) in [5.41, 5.74) is 6.25. The third-order valence-corrected chi connectivity index (χ3v) is 2.74. The lowest BCUT2D eigenvalue weighted by Crippen LogP contribution is -2.32. The van der Waals surface area contributed by atoms with E-state index in [1.807, 2.05) is 0 Å². The van der Waals surface area contributed by atoms with E-state index in [0.717, 1.165) is 25.9 Å². The van der Waals surface area contributed by atoms with Gasteiger partial charge in [-0.1, -0.05) is 5.16 Å². The van der Waals surface area contributed by atoms with E-state index in [1.54, 1.807) is 12.3 Å². The van der Waals surface area contributed by atoms with Crippen LogP contribution in [0.15, 0.2) is 17.4 Å². The lowest BCUT2D eigenvalue weighted by molar-refractivity contribution is 0.318. The lowest BCUT2D eigenvalue weighted by atomic mass is 10.1. The highest BCUT2D eigenvalue weighted by Gasteiger charge is 2.17. The average Bonchev–Trinajstić information content (AvgIpc) is 2.39. The van der Waals surface area contributed by atoms with Crippen molar-refractivity contribution in [3.63, 3.8) is 0 Å². The highest BCUT2D eigenvalue weighted by molar-refractivity contribution is 6.01. The quantitative estimate of drug-likeness (QED) is 0.330. The van der Waals surface area contributed by atoms with Crippen molar-refractivity contribution < 1.29 is 5.21 Å². The van der Waals surface area contributed by atoms with Crippen LogP contribution in [0.2, 0.25) is 0 Å². The van der Waals surface area contributed by atoms with Crippen LogP contribution in [0.4, 0.5) is 5.82 Å². The molecule has 0 bridgehead atoms. The zero-order chi connectivity index (χ0) is 11.4. The summed E-state index contributed by atoms with van der Waals surface area (Å²) in [5.74, 6) is 0.785. The van der Waals surface area contributed by atoms with E-state index in [9.17, 15) is 0 Å². The fraction of sp³-hybridized carbons (Fsp3) is 0.500. The number of nitrogens with two attached hydrogens (primary N) is 1. The van der Waals surface area contributed by atoms with Gasteiger partial charge in [0.05, 0.1) is 11.8 Å². The highest BCUT2D eigenvalue weighted by atomic mass is 16.4. The van der Waals surface area contributed by atoms with Crippen LogP contribution in [-0.4, -0.2) is 34.3 Å². The second kappa shape index (κ2) is 4.78. The number of anilines is 1. The number of rotatable bonds is 2. The maximum Gasteiger partial charge on any atom is 0.173 e. The van der Waals surface area contributed by atoms with Crippen molar-refractivity contribution in [2.24, 2.45) is 10.9 Å². The molecule has 1 fully saturated rings. The number of aromatic nitrogens is 2. The first-order chi connectivity index (χ1) is 7.83. The molecule has 0 radical (unpaired) electrons. The van der Waals surface area contributed by atoms with E-state index >= 15 is 0 Å². The van der Waals surface area contributed by atoms with Crippen molar-refractivity contribution in [2.75, 3.05) is 18.0 Å². The molecular weight excluding hydrogens is 206 g/mol. The van der Waals surface area contributed by atoms with Crippen LogP contribution < -0.4 is 10.6 Å². The number of hydrogen-bond acceptors (Lipinski definition) is 5. The third-order valence-electron chi connectivity index (χ3n) is 2.74. The summed E-state index contributed by atoms with van der Waals surface area (Å²) in [6, 6.07) is 1.71. The first kappa shape index (κ1) is 10.7. The Morgan fingerprint density at radius 3 is 2.81 bits per heavy atom. The van der Waals surface area contributed by atoms with Gasteiger partial charge in [0.2, 0.25) is 0 Å². The van der Waals surface area contributed by atoms with Crippen molar-refractivity contribution in [3.05, 3.63) is 17.8 Å². The summed E-state index contributed by atoms with van der Waals surface area (Å²) >= 11 is 0. The van der Waals surface area contributed by atoms with Gasteiger partial charge in [0, 0.05) is 13.1 Å². The van der Waals surface area contributed by atoms with Crippen LogP contribution in [0, 0.1) is 0 Å². The Kier molecular flexibility index (Phi) is 3.19. The Balaban J connectivity index is 2.31. The Hall–Kier alpha value is -1.85.